The molecule has 2 atom stereocenters. The molecule has 1 aromatic rings. The van der Waals surface area contributed by atoms with Gasteiger partial charge in [0.25, 0.3) is 0 Å². The SMILES string of the molecule is CCCOc1cc(C)nc(NC2(CCl)CCCC(C)C2)n1. The average molecular weight is 312 g/mol. The first kappa shape index (κ1) is 16.3. The number of nitrogens with zero attached hydrogens (tertiary/aromatic N) is 2. The van der Waals surface area contributed by atoms with Gasteiger partial charge in [-0.25, -0.2) is 4.98 Å². The molecule has 1 saturated carbocycles. The molecule has 21 heavy (non-hydrogen) atoms. The van der Waals surface area contributed by atoms with Crippen LogP contribution in [-0.2, 0) is 0 Å². The van der Waals surface area contributed by atoms with Gasteiger partial charge in [-0.1, -0.05) is 26.7 Å². The van der Waals surface area contributed by atoms with Gasteiger partial charge >= 0.3 is 0 Å². The molecule has 0 bridgehead atoms. The predicted molar refractivity (Wildman–Crippen MR) is 87.3 cm³/mol. The molecule has 2 rings (SSSR count). The van der Waals surface area contributed by atoms with Crippen molar-refractivity contribution in [3.05, 3.63) is 11.8 Å². The van der Waals surface area contributed by atoms with Gasteiger partial charge in [0.05, 0.1) is 12.1 Å². The van der Waals surface area contributed by atoms with Crippen molar-refractivity contribution in [3.8, 4) is 5.88 Å². The van der Waals surface area contributed by atoms with Gasteiger partial charge in [-0.2, -0.15) is 4.98 Å². The Bertz CT molecular complexity index is 469. The first-order chi connectivity index (χ1) is 10.1. The molecular weight excluding hydrogens is 286 g/mol. The largest absolute Gasteiger partial charge is 0.478 e. The maximum atomic E-state index is 6.27. The number of alkyl halides is 1. The summed E-state index contributed by atoms with van der Waals surface area (Å²) in [6.45, 7) is 7.00. The smallest absolute Gasteiger partial charge is 0.226 e. The van der Waals surface area contributed by atoms with Crippen LogP contribution in [0.5, 0.6) is 5.88 Å². The molecule has 0 saturated heterocycles. The van der Waals surface area contributed by atoms with Crippen LogP contribution in [0, 0.1) is 12.8 Å². The van der Waals surface area contributed by atoms with Gasteiger partial charge in [0, 0.05) is 17.6 Å². The Labute approximate surface area is 132 Å². The van der Waals surface area contributed by atoms with Gasteiger partial charge in [0.2, 0.25) is 11.8 Å². The molecule has 0 aliphatic heterocycles. The second-order valence-corrected chi connectivity index (χ2v) is 6.53. The second-order valence-electron chi connectivity index (χ2n) is 6.26. The number of aromatic nitrogens is 2. The molecule has 1 aliphatic rings. The van der Waals surface area contributed by atoms with Crippen LogP contribution < -0.4 is 10.1 Å². The van der Waals surface area contributed by atoms with Crippen molar-refractivity contribution >= 4 is 17.5 Å². The molecule has 0 spiro atoms. The Kier molecular flexibility index (Phi) is 5.68. The lowest BCUT2D eigenvalue weighted by molar-refractivity contribution is 0.277. The molecule has 118 valence electrons. The van der Waals surface area contributed by atoms with Crippen LogP contribution in [0.4, 0.5) is 5.95 Å². The Morgan fingerprint density at radius 2 is 2.29 bits per heavy atom. The molecule has 0 radical (unpaired) electrons. The number of hydrogen-bond acceptors (Lipinski definition) is 4. The van der Waals surface area contributed by atoms with E-state index in [-0.39, 0.29) is 5.54 Å². The van der Waals surface area contributed by atoms with E-state index >= 15 is 0 Å². The molecule has 2 unspecified atom stereocenters. The average Bonchev–Trinajstić information content (AvgIpc) is 2.44. The topological polar surface area (TPSA) is 47.0 Å². The minimum atomic E-state index is -0.0883. The van der Waals surface area contributed by atoms with Crippen molar-refractivity contribution in [3.63, 3.8) is 0 Å². The first-order valence-corrected chi connectivity index (χ1v) is 8.43. The number of nitrogens with one attached hydrogen (secondary N) is 1. The quantitative estimate of drug-likeness (QED) is 0.801. The van der Waals surface area contributed by atoms with E-state index < -0.39 is 0 Å². The van der Waals surface area contributed by atoms with Crippen LogP contribution in [0.1, 0.15) is 51.6 Å². The lowest BCUT2D eigenvalue weighted by Gasteiger charge is -2.39. The summed E-state index contributed by atoms with van der Waals surface area (Å²) in [6, 6.07) is 1.87. The third-order valence-electron chi connectivity index (χ3n) is 4.01. The van der Waals surface area contributed by atoms with Crippen molar-refractivity contribution in [1.29, 1.82) is 0 Å². The Balaban J connectivity index is 2.14. The molecule has 1 aliphatic carbocycles. The van der Waals surface area contributed by atoms with E-state index in [4.69, 9.17) is 16.3 Å². The highest BCUT2D eigenvalue weighted by Gasteiger charge is 2.35. The number of aryl methyl sites for hydroxylation is 1. The molecule has 1 heterocycles. The number of ether oxygens (including phenoxy) is 1. The normalized spacial score (nSPS) is 25.6. The molecule has 1 N–H and O–H groups in total. The lowest BCUT2D eigenvalue weighted by atomic mass is 9.77. The summed E-state index contributed by atoms with van der Waals surface area (Å²) in [4.78, 5) is 8.97. The molecule has 4 nitrogen and oxygen atoms in total. The zero-order valence-electron chi connectivity index (χ0n) is 13.3. The van der Waals surface area contributed by atoms with Crippen LogP contribution in [0.3, 0.4) is 0 Å². The lowest BCUT2D eigenvalue weighted by Crippen LogP contribution is -2.44. The summed E-state index contributed by atoms with van der Waals surface area (Å²) >= 11 is 6.27. The third kappa shape index (κ3) is 4.47. The summed E-state index contributed by atoms with van der Waals surface area (Å²) < 4.78 is 5.63. The fourth-order valence-corrected chi connectivity index (χ4v) is 3.35. The van der Waals surface area contributed by atoms with Crippen LogP contribution in [0.25, 0.3) is 0 Å². The second kappa shape index (κ2) is 7.30. The Morgan fingerprint density at radius 1 is 1.48 bits per heavy atom. The minimum absolute atomic E-state index is 0.0883. The van der Waals surface area contributed by atoms with Crippen molar-refractivity contribution < 1.29 is 4.74 Å². The predicted octanol–water partition coefficient (Wildman–Crippen LogP) is 4.17. The zero-order chi connectivity index (χ0) is 15.3. The zero-order valence-corrected chi connectivity index (χ0v) is 14.0. The molecule has 5 heteroatoms. The van der Waals surface area contributed by atoms with Crippen molar-refractivity contribution in [2.24, 2.45) is 5.92 Å². The maximum absolute atomic E-state index is 6.27. The van der Waals surface area contributed by atoms with E-state index in [1.54, 1.807) is 0 Å². The van der Waals surface area contributed by atoms with E-state index in [9.17, 15) is 0 Å². The third-order valence-corrected chi connectivity index (χ3v) is 4.52. The molecular formula is C16H26ClN3O. The van der Waals surface area contributed by atoms with Gasteiger partial charge in [-0.3, -0.25) is 0 Å². The van der Waals surface area contributed by atoms with Crippen molar-refractivity contribution in [1.82, 2.24) is 9.97 Å². The molecule has 1 fully saturated rings. The van der Waals surface area contributed by atoms with Crippen LogP contribution in [-0.4, -0.2) is 28.0 Å². The van der Waals surface area contributed by atoms with Crippen molar-refractivity contribution in [2.45, 2.75) is 58.4 Å². The standard InChI is InChI=1S/C16H26ClN3O/c1-4-8-21-14-9-13(3)18-15(19-14)20-16(11-17)7-5-6-12(2)10-16/h9,12H,4-8,10-11H2,1-3H3,(H,18,19,20). The number of anilines is 1. The molecule has 1 aromatic heterocycles. The minimum Gasteiger partial charge on any atom is -0.478 e. The Morgan fingerprint density at radius 3 is 2.95 bits per heavy atom. The maximum Gasteiger partial charge on any atom is 0.226 e. The summed E-state index contributed by atoms with van der Waals surface area (Å²) in [5, 5.41) is 3.50. The van der Waals surface area contributed by atoms with Gasteiger partial charge in [0.15, 0.2) is 0 Å². The molecule has 0 amide bonds. The number of halogens is 1. The fourth-order valence-electron chi connectivity index (χ4n) is 3.04. The summed E-state index contributed by atoms with van der Waals surface area (Å²) in [7, 11) is 0. The van der Waals surface area contributed by atoms with Crippen LogP contribution in [0.2, 0.25) is 0 Å². The number of rotatable bonds is 6. The van der Waals surface area contributed by atoms with Crippen molar-refractivity contribution in [2.75, 3.05) is 17.8 Å². The highest BCUT2D eigenvalue weighted by molar-refractivity contribution is 6.18. The van der Waals surface area contributed by atoms with E-state index in [1.165, 1.54) is 12.8 Å². The van der Waals surface area contributed by atoms with E-state index in [2.05, 4.69) is 29.1 Å². The highest BCUT2D eigenvalue weighted by atomic mass is 35.5. The fraction of sp³-hybridized carbons (Fsp3) is 0.750. The van der Waals surface area contributed by atoms with Gasteiger partial charge in [0.1, 0.15) is 0 Å². The summed E-state index contributed by atoms with van der Waals surface area (Å²) in [5.74, 6) is 2.54. The highest BCUT2D eigenvalue weighted by Crippen LogP contribution is 2.35. The van der Waals surface area contributed by atoms with E-state index in [1.807, 2.05) is 13.0 Å². The summed E-state index contributed by atoms with van der Waals surface area (Å²) in [5.41, 5.74) is 0.821. The van der Waals surface area contributed by atoms with E-state index in [0.29, 0.717) is 30.2 Å². The summed E-state index contributed by atoms with van der Waals surface area (Å²) in [6.07, 6.45) is 5.59. The van der Waals surface area contributed by atoms with Gasteiger partial charge < -0.3 is 10.1 Å². The monoisotopic (exact) mass is 311 g/mol. The van der Waals surface area contributed by atoms with Crippen LogP contribution in [0.15, 0.2) is 6.07 Å². The Hall–Kier alpha value is -1.03. The van der Waals surface area contributed by atoms with Gasteiger partial charge in [-0.05, 0) is 32.1 Å². The first-order valence-electron chi connectivity index (χ1n) is 7.89. The molecule has 0 aromatic carbocycles. The van der Waals surface area contributed by atoms with Crippen LogP contribution >= 0.6 is 11.6 Å². The van der Waals surface area contributed by atoms with Gasteiger partial charge in [-0.15, -0.1) is 11.6 Å². The number of hydrogen-bond donors (Lipinski definition) is 1. The van der Waals surface area contributed by atoms with E-state index in [0.717, 1.165) is 25.0 Å².